The van der Waals surface area contributed by atoms with E-state index in [1.165, 1.54) is 17.5 Å². The van der Waals surface area contributed by atoms with Gasteiger partial charge in [-0.05, 0) is 43.9 Å². The SMILES string of the molecule is CCCNC(C#N)(CSc1nc2ccccc2s1)C1CC1. The molecule has 0 radical (unpaired) electrons. The maximum Gasteiger partial charge on any atom is 0.151 e. The summed E-state index contributed by atoms with van der Waals surface area (Å²) < 4.78 is 2.28. The highest BCUT2D eigenvalue weighted by atomic mass is 32.2. The second-order valence-electron chi connectivity index (χ2n) is 5.52. The summed E-state index contributed by atoms with van der Waals surface area (Å²) in [5, 5.41) is 13.2. The lowest BCUT2D eigenvalue weighted by atomic mass is 9.97. The van der Waals surface area contributed by atoms with E-state index in [-0.39, 0.29) is 5.54 Å². The number of nitriles is 1. The fraction of sp³-hybridized carbons (Fsp3) is 0.500. The summed E-state index contributed by atoms with van der Waals surface area (Å²) in [7, 11) is 0. The second kappa shape index (κ2) is 6.35. The molecule has 0 bridgehead atoms. The van der Waals surface area contributed by atoms with E-state index in [0.29, 0.717) is 5.92 Å². The normalized spacial score (nSPS) is 17.5. The van der Waals surface area contributed by atoms with Crippen LogP contribution in [0.15, 0.2) is 28.6 Å². The van der Waals surface area contributed by atoms with Gasteiger partial charge in [-0.1, -0.05) is 30.8 Å². The van der Waals surface area contributed by atoms with Crippen LogP contribution in [0.2, 0.25) is 0 Å². The van der Waals surface area contributed by atoms with Crippen molar-refractivity contribution in [2.45, 2.75) is 36.1 Å². The zero-order chi connectivity index (χ0) is 14.7. The topological polar surface area (TPSA) is 48.7 Å². The third-order valence-corrected chi connectivity index (χ3v) is 6.23. The molecule has 2 aromatic rings. The van der Waals surface area contributed by atoms with E-state index in [9.17, 15) is 5.26 Å². The molecule has 1 N–H and O–H groups in total. The van der Waals surface area contributed by atoms with Gasteiger partial charge in [0.15, 0.2) is 4.34 Å². The molecule has 1 saturated carbocycles. The van der Waals surface area contributed by atoms with Crippen LogP contribution in [0.3, 0.4) is 0 Å². The first kappa shape index (κ1) is 14.8. The standard InChI is InChI=1S/C16H19N3S2/c1-2-9-18-16(10-17,12-7-8-12)11-20-15-19-13-5-3-4-6-14(13)21-15/h3-6,12,18H,2,7-9,11H2,1H3. The summed E-state index contributed by atoms with van der Waals surface area (Å²) in [6, 6.07) is 10.8. The Labute approximate surface area is 133 Å². The van der Waals surface area contributed by atoms with E-state index in [1.54, 1.807) is 23.1 Å². The average Bonchev–Trinajstić information content (AvgIpc) is 3.28. The summed E-state index contributed by atoms with van der Waals surface area (Å²) in [4.78, 5) is 4.65. The molecule has 1 unspecified atom stereocenters. The Kier molecular flexibility index (Phi) is 4.48. The second-order valence-corrected chi connectivity index (χ2v) is 7.77. The number of rotatable bonds is 7. The van der Waals surface area contributed by atoms with Crippen LogP contribution >= 0.6 is 23.1 Å². The lowest BCUT2D eigenvalue weighted by molar-refractivity contribution is 0.405. The Bertz CT molecular complexity index is 624. The Morgan fingerprint density at radius 3 is 2.95 bits per heavy atom. The monoisotopic (exact) mass is 317 g/mol. The fourth-order valence-corrected chi connectivity index (χ4v) is 4.78. The molecular weight excluding hydrogens is 298 g/mol. The predicted octanol–water partition coefficient (Wildman–Crippen LogP) is 4.06. The van der Waals surface area contributed by atoms with Crippen molar-refractivity contribution < 1.29 is 0 Å². The predicted molar refractivity (Wildman–Crippen MR) is 89.7 cm³/mol. The van der Waals surface area contributed by atoms with Crippen molar-refractivity contribution in [3.8, 4) is 6.07 Å². The van der Waals surface area contributed by atoms with Gasteiger partial charge in [-0.25, -0.2) is 4.98 Å². The number of fused-ring (bicyclic) bond motifs is 1. The van der Waals surface area contributed by atoms with E-state index in [0.717, 1.165) is 28.6 Å². The quantitative estimate of drug-likeness (QED) is 0.782. The van der Waals surface area contributed by atoms with Crippen molar-refractivity contribution in [3.05, 3.63) is 24.3 Å². The number of hydrogen-bond donors (Lipinski definition) is 1. The molecule has 0 saturated heterocycles. The summed E-state index contributed by atoms with van der Waals surface area (Å²) in [5.74, 6) is 1.30. The Morgan fingerprint density at radius 1 is 1.48 bits per heavy atom. The molecule has 21 heavy (non-hydrogen) atoms. The van der Waals surface area contributed by atoms with Gasteiger partial charge in [0.25, 0.3) is 0 Å². The van der Waals surface area contributed by atoms with Gasteiger partial charge in [0.2, 0.25) is 0 Å². The molecule has 3 nitrogen and oxygen atoms in total. The number of aromatic nitrogens is 1. The van der Waals surface area contributed by atoms with Crippen molar-refractivity contribution in [3.63, 3.8) is 0 Å². The lowest BCUT2D eigenvalue weighted by Gasteiger charge is -2.27. The lowest BCUT2D eigenvalue weighted by Crippen LogP contribution is -2.48. The average molecular weight is 317 g/mol. The molecule has 110 valence electrons. The van der Waals surface area contributed by atoms with Crippen molar-refractivity contribution >= 4 is 33.3 Å². The Morgan fingerprint density at radius 2 is 2.29 bits per heavy atom. The zero-order valence-corrected chi connectivity index (χ0v) is 13.8. The van der Waals surface area contributed by atoms with Gasteiger partial charge in [0.05, 0.1) is 16.3 Å². The van der Waals surface area contributed by atoms with Gasteiger partial charge in [-0.15, -0.1) is 11.3 Å². The molecule has 1 aromatic heterocycles. The van der Waals surface area contributed by atoms with Crippen LogP contribution in [-0.2, 0) is 0 Å². The van der Waals surface area contributed by atoms with Crippen molar-refractivity contribution in [2.75, 3.05) is 12.3 Å². The molecule has 1 heterocycles. The minimum Gasteiger partial charge on any atom is -0.298 e. The first-order valence-electron chi connectivity index (χ1n) is 7.42. The van der Waals surface area contributed by atoms with Crippen molar-refractivity contribution in [1.82, 2.24) is 10.3 Å². The van der Waals surface area contributed by atoms with Crippen LogP contribution in [0.25, 0.3) is 10.2 Å². The summed E-state index contributed by atoms with van der Waals surface area (Å²) in [5.41, 5.74) is 0.680. The molecule has 1 fully saturated rings. The number of thiazole rings is 1. The molecule has 1 aliphatic rings. The summed E-state index contributed by atoms with van der Waals surface area (Å²) in [6.45, 7) is 3.05. The highest BCUT2D eigenvalue weighted by molar-refractivity contribution is 8.01. The number of para-hydroxylation sites is 1. The van der Waals surface area contributed by atoms with E-state index >= 15 is 0 Å². The van der Waals surface area contributed by atoms with E-state index in [4.69, 9.17) is 0 Å². The van der Waals surface area contributed by atoms with Crippen LogP contribution in [0.1, 0.15) is 26.2 Å². The highest BCUT2D eigenvalue weighted by Gasteiger charge is 2.45. The Balaban J connectivity index is 1.72. The molecule has 1 aliphatic carbocycles. The van der Waals surface area contributed by atoms with Gasteiger partial charge >= 0.3 is 0 Å². The van der Waals surface area contributed by atoms with Gasteiger partial charge in [-0.2, -0.15) is 5.26 Å². The molecule has 3 rings (SSSR count). The maximum atomic E-state index is 9.69. The van der Waals surface area contributed by atoms with Crippen LogP contribution in [0.5, 0.6) is 0 Å². The van der Waals surface area contributed by atoms with Crippen LogP contribution in [0, 0.1) is 17.2 Å². The number of hydrogen-bond acceptors (Lipinski definition) is 5. The Hall–Kier alpha value is -1.09. The smallest absolute Gasteiger partial charge is 0.151 e. The van der Waals surface area contributed by atoms with Gasteiger partial charge in [0, 0.05) is 5.75 Å². The number of nitrogens with one attached hydrogen (secondary N) is 1. The number of thioether (sulfide) groups is 1. The van der Waals surface area contributed by atoms with Crippen LogP contribution in [-0.4, -0.2) is 22.8 Å². The largest absolute Gasteiger partial charge is 0.298 e. The molecule has 0 aliphatic heterocycles. The minimum absolute atomic E-state index is 0.376. The molecule has 5 heteroatoms. The molecule has 1 aromatic carbocycles. The van der Waals surface area contributed by atoms with Gasteiger partial charge < -0.3 is 0 Å². The van der Waals surface area contributed by atoms with Crippen molar-refractivity contribution in [2.24, 2.45) is 5.92 Å². The molecule has 0 amide bonds. The zero-order valence-electron chi connectivity index (χ0n) is 12.1. The maximum absolute atomic E-state index is 9.69. The summed E-state index contributed by atoms with van der Waals surface area (Å²) >= 11 is 3.44. The fourth-order valence-electron chi connectivity index (χ4n) is 2.49. The van der Waals surface area contributed by atoms with Crippen LogP contribution in [0.4, 0.5) is 0 Å². The third-order valence-electron chi connectivity index (χ3n) is 3.86. The molecule has 0 spiro atoms. The highest BCUT2D eigenvalue weighted by Crippen LogP contribution is 2.42. The molecule has 1 atom stereocenters. The van der Waals surface area contributed by atoms with Gasteiger partial charge in [-0.3, -0.25) is 5.32 Å². The minimum atomic E-state index is -0.376. The van der Waals surface area contributed by atoms with Crippen LogP contribution < -0.4 is 5.32 Å². The van der Waals surface area contributed by atoms with E-state index in [1.807, 2.05) is 18.2 Å². The summed E-state index contributed by atoms with van der Waals surface area (Å²) in [6.07, 6.45) is 3.40. The first-order valence-corrected chi connectivity index (χ1v) is 9.22. The number of nitrogens with zero attached hydrogens (tertiary/aromatic N) is 2. The first-order chi connectivity index (χ1) is 10.3. The van der Waals surface area contributed by atoms with Crippen molar-refractivity contribution in [1.29, 1.82) is 5.26 Å². The third kappa shape index (κ3) is 3.23. The molecular formula is C16H19N3S2. The number of benzene rings is 1. The van der Waals surface area contributed by atoms with E-state index < -0.39 is 0 Å². The van der Waals surface area contributed by atoms with Gasteiger partial charge in [0.1, 0.15) is 5.54 Å². The van der Waals surface area contributed by atoms with E-state index in [2.05, 4.69) is 29.4 Å².